The third kappa shape index (κ3) is 3.93. The van der Waals surface area contributed by atoms with Crippen LogP contribution in [0.15, 0.2) is 22.7 Å². The summed E-state index contributed by atoms with van der Waals surface area (Å²) in [5, 5.41) is 8.38. The molecule has 1 atom stereocenters. The lowest BCUT2D eigenvalue weighted by Crippen LogP contribution is -2.51. The van der Waals surface area contributed by atoms with Crippen molar-refractivity contribution in [3.63, 3.8) is 0 Å². The molecule has 1 aliphatic heterocycles. The van der Waals surface area contributed by atoms with Crippen LogP contribution >= 0.6 is 23.2 Å². The topological polar surface area (TPSA) is 61.6 Å². The molecule has 2 amide bonds. The molecule has 144 valence electrons. The zero-order chi connectivity index (χ0) is 19.0. The summed E-state index contributed by atoms with van der Waals surface area (Å²) in [5.41, 5.74) is 3.07. The van der Waals surface area contributed by atoms with E-state index in [4.69, 9.17) is 27.7 Å². The number of piperazine rings is 1. The van der Waals surface area contributed by atoms with E-state index in [0.717, 1.165) is 55.1 Å². The second-order valence-electron chi connectivity index (χ2n) is 7.16. The number of aromatic nitrogens is 1. The molecule has 1 aliphatic carbocycles. The van der Waals surface area contributed by atoms with Gasteiger partial charge < -0.3 is 14.7 Å². The van der Waals surface area contributed by atoms with Gasteiger partial charge in [-0.1, -0.05) is 34.4 Å². The minimum atomic E-state index is -0.0177. The van der Waals surface area contributed by atoms with Crippen LogP contribution < -0.4 is 5.32 Å². The normalized spacial score (nSPS) is 20.0. The van der Waals surface area contributed by atoms with Crippen molar-refractivity contribution < 1.29 is 9.32 Å². The van der Waals surface area contributed by atoms with Gasteiger partial charge in [0.25, 0.3) is 0 Å². The van der Waals surface area contributed by atoms with Gasteiger partial charge in [-0.05, 0) is 37.0 Å². The molecule has 6 nitrogen and oxygen atoms in total. The molecule has 0 bridgehead atoms. The molecule has 2 aliphatic rings. The number of rotatable bonds is 3. The Hall–Kier alpha value is -1.76. The second-order valence-corrected chi connectivity index (χ2v) is 7.95. The van der Waals surface area contributed by atoms with Crippen molar-refractivity contribution in [3.05, 3.63) is 50.8 Å². The average molecular weight is 409 g/mol. The van der Waals surface area contributed by atoms with Crippen LogP contribution in [0.2, 0.25) is 10.0 Å². The Morgan fingerprint density at radius 2 is 2.07 bits per heavy atom. The third-order valence-corrected chi connectivity index (χ3v) is 6.15. The lowest BCUT2D eigenvalue weighted by atomic mass is 10.1. The van der Waals surface area contributed by atoms with Gasteiger partial charge in [0, 0.05) is 38.8 Å². The fourth-order valence-electron chi connectivity index (χ4n) is 3.85. The number of carbonyl (C=O) groups is 1. The van der Waals surface area contributed by atoms with Crippen molar-refractivity contribution >= 4 is 29.2 Å². The standard InChI is InChI=1S/C19H22Cl2N4O2/c1-12-10-13(23-27-12)11-24-6-8-25(9-7-24)19(26)22-17-5-3-15-14(17)2-4-16(20)18(15)21/h2,4,10,17H,3,5-9,11H2,1H3,(H,22,26). The van der Waals surface area contributed by atoms with E-state index in [1.165, 1.54) is 0 Å². The Morgan fingerprint density at radius 1 is 1.30 bits per heavy atom. The molecule has 1 unspecified atom stereocenters. The maximum absolute atomic E-state index is 12.7. The highest BCUT2D eigenvalue weighted by Gasteiger charge is 2.29. The van der Waals surface area contributed by atoms with E-state index < -0.39 is 0 Å². The van der Waals surface area contributed by atoms with Crippen LogP contribution in [-0.4, -0.2) is 47.2 Å². The monoisotopic (exact) mass is 408 g/mol. The molecule has 0 saturated carbocycles. The predicted octanol–water partition coefficient (Wildman–Crippen LogP) is 3.80. The number of halogens is 2. The molecule has 0 spiro atoms. The van der Waals surface area contributed by atoms with Crippen molar-refractivity contribution in [1.82, 2.24) is 20.3 Å². The number of aryl methyl sites for hydroxylation is 1. The van der Waals surface area contributed by atoms with Crippen molar-refractivity contribution in [1.29, 1.82) is 0 Å². The molecule has 8 heteroatoms. The summed E-state index contributed by atoms with van der Waals surface area (Å²) in [7, 11) is 0. The highest BCUT2D eigenvalue weighted by atomic mass is 35.5. The molecule has 1 N–H and O–H groups in total. The van der Waals surface area contributed by atoms with Crippen LogP contribution in [-0.2, 0) is 13.0 Å². The number of fused-ring (bicyclic) bond motifs is 1. The summed E-state index contributed by atoms with van der Waals surface area (Å²) in [4.78, 5) is 16.9. The molecule has 2 aromatic rings. The number of nitrogens with zero attached hydrogens (tertiary/aromatic N) is 3. The van der Waals surface area contributed by atoms with E-state index in [9.17, 15) is 4.79 Å². The molecular weight excluding hydrogens is 387 g/mol. The molecule has 2 heterocycles. The summed E-state index contributed by atoms with van der Waals surface area (Å²) >= 11 is 12.4. The maximum Gasteiger partial charge on any atom is 0.317 e. The smallest absolute Gasteiger partial charge is 0.317 e. The number of carbonyl (C=O) groups excluding carboxylic acids is 1. The Morgan fingerprint density at radius 3 is 2.78 bits per heavy atom. The van der Waals surface area contributed by atoms with Gasteiger partial charge in [-0.3, -0.25) is 4.90 Å². The van der Waals surface area contributed by atoms with Crippen LogP contribution in [0.25, 0.3) is 0 Å². The van der Waals surface area contributed by atoms with Gasteiger partial charge in [0.1, 0.15) is 5.76 Å². The molecule has 27 heavy (non-hydrogen) atoms. The average Bonchev–Trinajstić information content (AvgIpc) is 3.25. The number of amides is 2. The van der Waals surface area contributed by atoms with Crippen molar-refractivity contribution in [2.24, 2.45) is 0 Å². The van der Waals surface area contributed by atoms with E-state index in [1.807, 2.05) is 24.0 Å². The van der Waals surface area contributed by atoms with E-state index in [2.05, 4.69) is 15.4 Å². The Labute approximate surface area is 168 Å². The Bertz CT molecular complexity index is 846. The second kappa shape index (κ2) is 7.70. The lowest BCUT2D eigenvalue weighted by Gasteiger charge is -2.35. The molecule has 1 fully saturated rings. The number of benzene rings is 1. The summed E-state index contributed by atoms with van der Waals surface area (Å²) in [6.45, 7) is 5.68. The molecule has 1 saturated heterocycles. The number of hydrogen-bond donors (Lipinski definition) is 1. The first-order valence-corrected chi connectivity index (χ1v) is 9.93. The quantitative estimate of drug-likeness (QED) is 0.838. The van der Waals surface area contributed by atoms with Crippen LogP contribution in [0.3, 0.4) is 0 Å². The first-order valence-electron chi connectivity index (χ1n) is 9.18. The van der Waals surface area contributed by atoms with E-state index in [0.29, 0.717) is 23.1 Å². The van der Waals surface area contributed by atoms with E-state index in [1.54, 1.807) is 6.07 Å². The van der Waals surface area contributed by atoms with Gasteiger partial charge in [0.2, 0.25) is 0 Å². The number of hydrogen-bond acceptors (Lipinski definition) is 4. The van der Waals surface area contributed by atoms with Gasteiger partial charge in [0.05, 0.1) is 21.8 Å². The van der Waals surface area contributed by atoms with Crippen LogP contribution in [0, 0.1) is 6.92 Å². The molecule has 0 radical (unpaired) electrons. The minimum absolute atomic E-state index is 0.00148. The van der Waals surface area contributed by atoms with Gasteiger partial charge in [-0.2, -0.15) is 0 Å². The first kappa shape index (κ1) is 18.6. The van der Waals surface area contributed by atoms with E-state index >= 15 is 0 Å². The van der Waals surface area contributed by atoms with Gasteiger partial charge in [0.15, 0.2) is 0 Å². The third-order valence-electron chi connectivity index (χ3n) is 5.31. The van der Waals surface area contributed by atoms with Crippen molar-refractivity contribution in [2.45, 2.75) is 32.4 Å². The zero-order valence-electron chi connectivity index (χ0n) is 15.2. The van der Waals surface area contributed by atoms with Gasteiger partial charge in [-0.25, -0.2) is 4.79 Å². The molecule has 1 aromatic heterocycles. The fraction of sp³-hybridized carbons (Fsp3) is 0.474. The SMILES string of the molecule is Cc1cc(CN2CCN(C(=O)NC3CCc4c3ccc(Cl)c4Cl)CC2)no1. The summed E-state index contributed by atoms with van der Waals surface area (Å²) in [6, 6.07) is 5.71. The fourth-order valence-corrected chi connectivity index (χ4v) is 4.30. The highest BCUT2D eigenvalue weighted by Crippen LogP contribution is 2.39. The lowest BCUT2D eigenvalue weighted by molar-refractivity contribution is 0.131. The molecule has 4 rings (SSSR count). The van der Waals surface area contributed by atoms with Crippen molar-refractivity contribution in [3.8, 4) is 0 Å². The largest absolute Gasteiger partial charge is 0.361 e. The van der Waals surface area contributed by atoms with E-state index in [-0.39, 0.29) is 12.1 Å². The zero-order valence-corrected chi connectivity index (χ0v) is 16.7. The van der Waals surface area contributed by atoms with Crippen molar-refractivity contribution in [2.75, 3.05) is 26.2 Å². The number of urea groups is 1. The minimum Gasteiger partial charge on any atom is -0.361 e. The summed E-state index contributed by atoms with van der Waals surface area (Å²) < 4.78 is 5.12. The molecular formula is C19H22Cl2N4O2. The maximum atomic E-state index is 12.7. The highest BCUT2D eigenvalue weighted by molar-refractivity contribution is 6.42. The van der Waals surface area contributed by atoms with Crippen LogP contribution in [0.1, 0.15) is 35.0 Å². The van der Waals surface area contributed by atoms with Gasteiger partial charge >= 0.3 is 6.03 Å². The predicted molar refractivity (Wildman–Crippen MR) is 104 cm³/mol. The number of nitrogens with one attached hydrogen (secondary N) is 1. The van der Waals surface area contributed by atoms with Crippen LogP contribution in [0.5, 0.6) is 0 Å². The van der Waals surface area contributed by atoms with Crippen LogP contribution in [0.4, 0.5) is 4.79 Å². The van der Waals surface area contributed by atoms with Gasteiger partial charge in [-0.15, -0.1) is 0 Å². The summed E-state index contributed by atoms with van der Waals surface area (Å²) in [5.74, 6) is 0.821. The Balaban J connectivity index is 1.31. The summed E-state index contributed by atoms with van der Waals surface area (Å²) in [6.07, 6.45) is 1.69. The first-order chi connectivity index (χ1) is 13.0. The molecule has 1 aromatic carbocycles. The Kier molecular flexibility index (Phi) is 5.30.